The molecule has 1 heterocycles. The minimum Gasteiger partial charge on any atom is -0.349 e. The van der Waals surface area contributed by atoms with Crippen LogP contribution in [0.5, 0.6) is 0 Å². The van der Waals surface area contributed by atoms with Gasteiger partial charge in [-0.15, -0.1) is 0 Å². The molecule has 0 radical (unpaired) electrons. The lowest BCUT2D eigenvalue weighted by molar-refractivity contribution is 0.442. The molecular weight excluding hydrogens is 256 g/mol. The maximum absolute atomic E-state index is 6.33. The Bertz CT molecular complexity index is 582. The average molecular weight is 277 g/mol. The molecule has 19 heavy (non-hydrogen) atoms. The second kappa shape index (κ2) is 5.18. The number of fused-ring (bicyclic) bond motifs is 1. The van der Waals surface area contributed by atoms with Gasteiger partial charge in [0.2, 0.25) is 0 Å². The first kappa shape index (κ1) is 13.0. The van der Waals surface area contributed by atoms with Crippen molar-refractivity contribution >= 4 is 22.5 Å². The van der Waals surface area contributed by atoms with Crippen LogP contribution in [-0.2, 0) is 7.05 Å². The number of hydrogen-bond donors (Lipinski definition) is 1. The molecule has 0 spiro atoms. The molecule has 0 aliphatic heterocycles. The molecule has 0 saturated heterocycles. The highest BCUT2D eigenvalue weighted by Gasteiger charge is 2.27. The Labute approximate surface area is 119 Å². The van der Waals surface area contributed by atoms with Crippen molar-refractivity contribution in [1.82, 2.24) is 4.57 Å². The van der Waals surface area contributed by atoms with Crippen molar-refractivity contribution in [1.29, 1.82) is 0 Å². The molecule has 1 atom stereocenters. The van der Waals surface area contributed by atoms with Gasteiger partial charge in [0.1, 0.15) is 0 Å². The van der Waals surface area contributed by atoms with E-state index >= 15 is 0 Å². The molecule has 2 N–H and O–H groups in total. The highest BCUT2D eigenvalue weighted by molar-refractivity contribution is 6.35. The second-order valence-electron chi connectivity index (χ2n) is 5.72. The van der Waals surface area contributed by atoms with E-state index < -0.39 is 0 Å². The fourth-order valence-electron chi connectivity index (χ4n) is 3.68. The van der Waals surface area contributed by atoms with Gasteiger partial charge in [-0.1, -0.05) is 36.6 Å². The van der Waals surface area contributed by atoms with E-state index in [1.807, 2.05) is 12.1 Å². The predicted octanol–water partition coefficient (Wildman–Crippen LogP) is 4.06. The van der Waals surface area contributed by atoms with E-state index in [0.29, 0.717) is 5.92 Å². The van der Waals surface area contributed by atoms with E-state index in [1.54, 1.807) is 0 Å². The van der Waals surface area contributed by atoms with Crippen LogP contribution in [0.4, 0.5) is 0 Å². The number of aryl methyl sites for hydroxylation is 1. The molecule has 1 aliphatic rings. The molecule has 2 aromatic rings. The predicted molar refractivity (Wildman–Crippen MR) is 81.7 cm³/mol. The summed E-state index contributed by atoms with van der Waals surface area (Å²) in [5.74, 6) is 1.22. The topological polar surface area (TPSA) is 30.9 Å². The summed E-state index contributed by atoms with van der Waals surface area (Å²) in [6.07, 6.45) is 7.57. The summed E-state index contributed by atoms with van der Waals surface area (Å²) in [5, 5.41) is 2.10. The van der Waals surface area contributed by atoms with Crippen LogP contribution >= 0.6 is 11.6 Å². The summed E-state index contributed by atoms with van der Waals surface area (Å²) in [5.41, 5.74) is 8.60. The highest BCUT2D eigenvalue weighted by Crippen LogP contribution is 2.40. The third-order valence-electron chi connectivity index (χ3n) is 4.61. The number of rotatable bonds is 3. The van der Waals surface area contributed by atoms with Gasteiger partial charge in [-0.25, -0.2) is 0 Å². The van der Waals surface area contributed by atoms with E-state index in [4.69, 9.17) is 17.3 Å². The molecule has 1 unspecified atom stereocenters. The Morgan fingerprint density at radius 3 is 2.79 bits per heavy atom. The van der Waals surface area contributed by atoms with E-state index in [-0.39, 0.29) is 0 Å². The number of halogens is 1. The first-order valence-corrected chi connectivity index (χ1v) is 7.53. The van der Waals surface area contributed by atoms with Crippen molar-refractivity contribution in [2.24, 2.45) is 18.7 Å². The minimum atomic E-state index is 0.477. The Hall–Kier alpha value is -0.990. The van der Waals surface area contributed by atoms with Gasteiger partial charge in [-0.05, 0) is 36.9 Å². The van der Waals surface area contributed by atoms with E-state index in [1.165, 1.54) is 36.6 Å². The number of para-hydroxylation sites is 1. The number of benzene rings is 1. The van der Waals surface area contributed by atoms with E-state index in [0.717, 1.165) is 23.0 Å². The van der Waals surface area contributed by atoms with E-state index in [9.17, 15) is 0 Å². The van der Waals surface area contributed by atoms with Crippen LogP contribution in [0.2, 0.25) is 5.02 Å². The monoisotopic (exact) mass is 276 g/mol. The van der Waals surface area contributed by atoms with Gasteiger partial charge < -0.3 is 10.3 Å². The van der Waals surface area contributed by atoms with Gasteiger partial charge in [-0.2, -0.15) is 0 Å². The lowest BCUT2D eigenvalue weighted by Crippen LogP contribution is -2.19. The van der Waals surface area contributed by atoms with Gasteiger partial charge >= 0.3 is 0 Å². The third kappa shape index (κ3) is 2.17. The number of aromatic nitrogens is 1. The molecule has 3 rings (SSSR count). The molecular formula is C16H21ClN2. The lowest BCUT2D eigenvalue weighted by Gasteiger charge is -2.21. The standard InChI is InChI=1S/C16H21ClN2/c1-19-10-14(12-7-4-8-15(17)16(12)19)13(9-18)11-5-2-3-6-11/h4,7-8,10-11,13H,2-3,5-6,9,18H2,1H3. The molecule has 1 fully saturated rings. The van der Waals surface area contributed by atoms with Crippen LogP contribution in [0.25, 0.3) is 10.9 Å². The molecule has 1 aromatic carbocycles. The Morgan fingerprint density at radius 1 is 1.37 bits per heavy atom. The van der Waals surface area contributed by atoms with Crippen LogP contribution in [0.1, 0.15) is 37.2 Å². The molecule has 0 bridgehead atoms. The molecule has 1 aliphatic carbocycles. The second-order valence-corrected chi connectivity index (χ2v) is 6.13. The van der Waals surface area contributed by atoms with Crippen molar-refractivity contribution in [3.05, 3.63) is 35.0 Å². The quantitative estimate of drug-likeness (QED) is 0.900. The molecule has 2 nitrogen and oxygen atoms in total. The van der Waals surface area contributed by atoms with Crippen LogP contribution in [0, 0.1) is 5.92 Å². The smallest absolute Gasteiger partial charge is 0.0669 e. The zero-order valence-corrected chi connectivity index (χ0v) is 12.2. The van der Waals surface area contributed by atoms with Crippen molar-refractivity contribution < 1.29 is 0 Å². The normalized spacial score (nSPS) is 18.3. The maximum Gasteiger partial charge on any atom is 0.0669 e. The zero-order chi connectivity index (χ0) is 13.4. The highest BCUT2D eigenvalue weighted by atomic mass is 35.5. The van der Waals surface area contributed by atoms with Crippen LogP contribution in [0.3, 0.4) is 0 Å². The van der Waals surface area contributed by atoms with Gasteiger partial charge in [0, 0.05) is 24.5 Å². The molecule has 102 valence electrons. The number of nitrogens with zero attached hydrogens (tertiary/aromatic N) is 1. The first-order valence-electron chi connectivity index (χ1n) is 7.16. The van der Waals surface area contributed by atoms with Crippen LogP contribution < -0.4 is 5.73 Å². The fraction of sp³-hybridized carbons (Fsp3) is 0.500. The Kier molecular flexibility index (Phi) is 3.55. The Morgan fingerprint density at radius 2 is 2.11 bits per heavy atom. The number of hydrogen-bond acceptors (Lipinski definition) is 1. The van der Waals surface area contributed by atoms with Crippen molar-refractivity contribution in [2.75, 3.05) is 6.54 Å². The summed E-state index contributed by atoms with van der Waals surface area (Å²) >= 11 is 6.33. The Balaban J connectivity index is 2.11. The van der Waals surface area contributed by atoms with E-state index in [2.05, 4.69) is 23.9 Å². The SMILES string of the molecule is Cn1cc(C(CN)C2CCCC2)c2cccc(Cl)c21. The van der Waals surface area contributed by atoms with Gasteiger partial charge in [0.05, 0.1) is 10.5 Å². The maximum atomic E-state index is 6.33. The van der Waals surface area contributed by atoms with Crippen molar-refractivity contribution in [2.45, 2.75) is 31.6 Å². The summed E-state index contributed by atoms with van der Waals surface area (Å²) in [7, 11) is 2.07. The van der Waals surface area contributed by atoms with Crippen LogP contribution in [0.15, 0.2) is 24.4 Å². The fourth-order valence-corrected chi connectivity index (χ4v) is 3.99. The summed E-state index contributed by atoms with van der Waals surface area (Å²) in [4.78, 5) is 0. The van der Waals surface area contributed by atoms with Gasteiger partial charge in [0.15, 0.2) is 0 Å². The summed E-state index contributed by atoms with van der Waals surface area (Å²) in [6, 6.07) is 6.17. The van der Waals surface area contributed by atoms with Gasteiger partial charge in [-0.3, -0.25) is 0 Å². The van der Waals surface area contributed by atoms with Crippen LogP contribution in [-0.4, -0.2) is 11.1 Å². The van der Waals surface area contributed by atoms with Gasteiger partial charge in [0.25, 0.3) is 0 Å². The number of nitrogens with two attached hydrogens (primary N) is 1. The largest absolute Gasteiger partial charge is 0.349 e. The average Bonchev–Trinajstić information content (AvgIpc) is 3.01. The third-order valence-corrected chi connectivity index (χ3v) is 4.91. The summed E-state index contributed by atoms with van der Waals surface area (Å²) in [6.45, 7) is 0.732. The minimum absolute atomic E-state index is 0.477. The first-order chi connectivity index (χ1) is 9.22. The molecule has 1 aromatic heterocycles. The van der Waals surface area contributed by atoms with Crippen molar-refractivity contribution in [3.63, 3.8) is 0 Å². The lowest BCUT2D eigenvalue weighted by atomic mass is 9.85. The van der Waals surface area contributed by atoms with Crippen molar-refractivity contribution in [3.8, 4) is 0 Å². The zero-order valence-electron chi connectivity index (χ0n) is 11.4. The summed E-state index contributed by atoms with van der Waals surface area (Å²) < 4.78 is 2.14. The molecule has 1 saturated carbocycles. The molecule has 0 amide bonds. The molecule has 3 heteroatoms.